The molecule has 1 N–H and O–H groups in total. The van der Waals surface area contributed by atoms with Crippen LogP contribution in [0.2, 0.25) is 5.15 Å². The number of rotatable bonds is 3. The normalized spacial score (nSPS) is 22.1. The van der Waals surface area contributed by atoms with Gasteiger partial charge in [0.15, 0.2) is 0 Å². The van der Waals surface area contributed by atoms with Gasteiger partial charge in [-0.2, -0.15) is 0 Å². The van der Waals surface area contributed by atoms with Gasteiger partial charge in [-0.25, -0.2) is 4.98 Å². The van der Waals surface area contributed by atoms with Gasteiger partial charge in [-0.3, -0.25) is 0 Å². The number of hydrogen-bond donors (Lipinski definition) is 1. The van der Waals surface area contributed by atoms with Gasteiger partial charge < -0.3 is 14.4 Å². The largest absolute Gasteiger partial charge is 0.514 e. The summed E-state index contributed by atoms with van der Waals surface area (Å²) < 4.78 is 11.9. The van der Waals surface area contributed by atoms with Crippen molar-refractivity contribution >= 4 is 24.3 Å². The number of hydrogen-bond acceptors (Lipinski definition) is 4. The van der Waals surface area contributed by atoms with Crippen molar-refractivity contribution < 1.29 is 14.4 Å². The van der Waals surface area contributed by atoms with Crippen molar-refractivity contribution in [1.82, 2.24) is 4.98 Å². The predicted octanol–water partition coefficient (Wildman–Crippen LogP) is 1.96. The van der Waals surface area contributed by atoms with E-state index in [4.69, 9.17) is 20.9 Å². The molecule has 1 aromatic rings. The lowest BCUT2D eigenvalue weighted by Gasteiger charge is -2.32. The van der Waals surface area contributed by atoms with E-state index in [1.54, 1.807) is 13.0 Å². The molecule has 1 fully saturated rings. The summed E-state index contributed by atoms with van der Waals surface area (Å²) in [7, 11) is -0.536. The fourth-order valence-corrected chi connectivity index (χ4v) is 2.35. The number of nitrogens with zero attached hydrogens (tertiary/aromatic N) is 1. The smallest absolute Gasteiger partial charge is 0.398 e. The lowest BCUT2D eigenvalue weighted by molar-refractivity contribution is 0.00578. The Labute approximate surface area is 125 Å². The maximum Gasteiger partial charge on any atom is 0.514 e. The van der Waals surface area contributed by atoms with Gasteiger partial charge in [0, 0.05) is 0 Å². The van der Waals surface area contributed by atoms with Crippen molar-refractivity contribution in [1.29, 1.82) is 0 Å². The van der Waals surface area contributed by atoms with E-state index >= 15 is 0 Å². The molecule has 0 aromatic carbocycles. The highest BCUT2D eigenvalue weighted by atomic mass is 35.5. The van der Waals surface area contributed by atoms with E-state index in [2.05, 4.69) is 4.98 Å². The first-order chi connectivity index (χ1) is 9.10. The third-order valence-corrected chi connectivity index (χ3v) is 4.09. The average molecular weight is 298 g/mol. The second kappa shape index (κ2) is 5.30. The Morgan fingerprint density at radius 1 is 1.25 bits per heavy atom. The minimum atomic E-state index is -0.536. The van der Waals surface area contributed by atoms with E-state index in [1.807, 2.05) is 33.8 Å². The molecule has 0 radical (unpaired) electrons. The number of halogens is 1. The zero-order valence-electron chi connectivity index (χ0n) is 12.6. The number of aliphatic hydroxyl groups excluding tert-OH is 1. The van der Waals surface area contributed by atoms with Crippen LogP contribution in [0, 0.1) is 0 Å². The highest BCUT2D eigenvalue weighted by molar-refractivity contribution is 6.61. The van der Waals surface area contributed by atoms with Crippen LogP contribution in [0.1, 0.15) is 40.2 Å². The highest BCUT2D eigenvalue weighted by Crippen LogP contribution is 2.36. The Bertz CT molecular complexity index is 489. The molecule has 1 aromatic heterocycles. The van der Waals surface area contributed by atoms with Gasteiger partial charge in [-0.15, -0.1) is 0 Å². The third kappa shape index (κ3) is 3.17. The fourth-order valence-electron chi connectivity index (χ4n) is 2.12. The van der Waals surface area contributed by atoms with Gasteiger partial charge in [0.05, 0.1) is 22.9 Å². The molecule has 4 nitrogen and oxygen atoms in total. The Morgan fingerprint density at radius 3 is 2.30 bits per heavy atom. The Balaban J connectivity index is 2.28. The molecule has 20 heavy (non-hydrogen) atoms. The topological polar surface area (TPSA) is 51.6 Å². The number of aliphatic hydroxyl groups is 1. The summed E-state index contributed by atoms with van der Waals surface area (Å²) in [5, 5.41) is 9.88. The van der Waals surface area contributed by atoms with Crippen molar-refractivity contribution in [2.75, 3.05) is 0 Å². The standard InChI is InChI=1S/C14H21BClNO3/c1-9(18)6-10-7-11(17-12(16)8-10)15-19-13(2,3)14(4,5)20-15/h7-9,18H,6H2,1-5H3. The van der Waals surface area contributed by atoms with Crippen molar-refractivity contribution in [3.63, 3.8) is 0 Å². The first-order valence-corrected chi connectivity index (χ1v) is 7.18. The quantitative estimate of drug-likeness (QED) is 0.684. The summed E-state index contributed by atoms with van der Waals surface area (Å²) in [6, 6.07) is 3.63. The van der Waals surface area contributed by atoms with E-state index < -0.39 is 24.4 Å². The molecule has 1 atom stereocenters. The minimum Gasteiger partial charge on any atom is -0.398 e. The highest BCUT2D eigenvalue weighted by Gasteiger charge is 2.52. The summed E-state index contributed by atoms with van der Waals surface area (Å²) in [5.41, 5.74) is 0.745. The molecule has 2 heterocycles. The van der Waals surface area contributed by atoms with Gasteiger partial charge in [0.25, 0.3) is 0 Å². The van der Waals surface area contributed by atoms with E-state index in [0.717, 1.165) is 5.56 Å². The van der Waals surface area contributed by atoms with Crippen LogP contribution in [0.25, 0.3) is 0 Å². The second-order valence-corrected chi connectivity index (χ2v) is 6.75. The van der Waals surface area contributed by atoms with Crippen LogP contribution in [0.3, 0.4) is 0 Å². The first-order valence-electron chi connectivity index (χ1n) is 6.81. The van der Waals surface area contributed by atoms with Crippen molar-refractivity contribution in [2.24, 2.45) is 0 Å². The second-order valence-electron chi connectivity index (χ2n) is 6.36. The molecule has 6 heteroatoms. The van der Waals surface area contributed by atoms with E-state index in [1.165, 1.54) is 0 Å². The van der Waals surface area contributed by atoms with Crippen LogP contribution in [-0.4, -0.2) is 34.5 Å². The maximum atomic E-state index is 9.49. The lowest BCUT2D eigenvalue weighted by Crippen LogP contribution is -2.41. The molecule has 110 valence electrons. The van der Waals surface area contributed by atoms with Gasteiger partial charge in [-0.05, 0) is 58.7 Å². The van der Waals surface area contributed by atoms with E-state index in [9.17, 15) is 5.11 Å². The van der Waals surface area contributed by atoms with Crippen LogP contribution in [-0.2, 0) is 15.7 Å². The zero-order valence-corrected chi connectivity index (χ0v) is 13.4. The van der Waals surface area contributed by atoms with E-state index in [0.29, 0.717) is 17.2 Å². The SMILES string of the molecule is CC(O)Cc1cc(Cl)nc(B2OC(C)(C)C(C)(C)O2)c1. The van der Waals surface area contributed by atoms with Crippen LogP contribution in [0.15, 0.2) is 12.1 Å². The molecule has 0 saturated carbocycles. The summed E-state index contributed by atoms with van der Waals surface area (Å²) >= 11 is 6.05. The van der Waals surface area contributed by atoms with Crippen LogP contribution in [0.4, 0.5) is 0 Å². The third-order valence-electron chi connectivity index (χ3n) is 3.90. The summed E-state index contributed by atoms with van der Waals surface area (Å²) in [6.07, 6.45) is 0.0917. The molecule has 1 aliphatic rings. The van der Waals surface area contributed by atoms with Gasteiger partial charge in [0.1, 0.15) is 5.15 Å². The van der Waals surface area contributed by atoms with Crippen molar-refractivity contribution in [2.45, 2.75) is 58.3 Å². The molecule has 1 saturated heterocycles. The average Bonchev–Trinajstić information content (AvgIpc) is 2.46. The minimum absolute atomic E-state index is 0.382. The molecule has 0 aliphatic carbocycles. The molecule has 0 amide bonds. The van der Waals surface area contributed by atoms with Gasteiger partial charge in [-0.1, -0.05) is 11.6 Å². The summed E-state index contributed by atoms with van der Waals surface area (Å²) in [5.74, 6) is 0. The predicted molar refractivity (Wildman–Crippen MR) is 80.3 cm³/mol. The Morgan fingerprint density at radius 2 is 1.80 bits per heavy atom. The van der Waals surface area contributed by atoms with E-state index in [-0.39, 0.29) is 0 Å². The van der Waals surface area contributed by atoms with Crippen LogP contribution in [0.5, 0.6) is 0 Å². The molecule has 0 spiro atoms. The van der Waals surface area contributed by atoms with Gasteiger partial charge in [0.2, 0.25) is 0 Å². The Kier molecular flexibility index (Phi) is 4.18. The maximum absolute atomic E-state index is 9.49. The summed E-state index contributed by atoms with van der Waals surface area (Å²) in [6.45, 7) is 9.72. The molecule has 1 aliphatic heterocycles. The van der Waals surface area contributed by atoms with Gasteiger partial charge >= 0.3 is 7.12 Å². The Hall–Kier alpha value is -0.615. The van der Waals surface area contributed by atoms with Crippen LogP contribution >= 0.6 is 11.6 Å². The summed E-state index contributed by atoms with van der Waals surface area (Å²) in [4.78, 5) is 4.29. The molecular weight excluding hydrogens is 276 g/mol. The zero-order chi connectivity index (χ0) is 15.1. The lowest BCUT2D eigenvalue weighted by atomic mass is 9.83. The van der Waals surface area contributed by atoms with Crippen molar-refractivity contribution in [3.05, 3.63) is 22.8 Å². The molecular formula is C14H21BClNO3. The van der Waals surface area contributed by atoms with Crippen molar-refractivity contribution in [3.8, 4) is 0 Å². The number of pyridine rings is 1. The fraction of sp³-hybridized carbons (Fsp3) is 0.643. The molecule has 2 rings (SSSR count). The first kappa shape index (κ1) is 15.8. The van der Waals surface area contributed by atoms with Crippen LogP contribution < -0.4 is 5.59 Å². The number of aromatic nitrogens is 1. The molecule has 0 bridgehead atoms. The monoisotopic (exact) mass is 297 g/mol. The molecule has 1 unspecified atom stereocenters.